The van der Waals surface area contributed by atoms with Crippen LogP contribution in [0.4, 0.5) is 0 Å². The molecule has 0 saturated heterocycles. The molecule has 2 rings (SSSR count). The van der Waals surface area contributed by atoms with Gasteiger partial charge in [-0.3, -0.25) is 4.79 Å². The predicted molar refractivity (Wildman–Crippen MR) is 82.1 cm³/mol. The van der Waals surface area contributed by atoms with E-state index in [2.05, 4.69) is 26.3 Å². The molecule has 0 aromatic heterocycles. The summed E-state index contributed by atoms with van der Waals surface area (Å²) in [5.41, 5.74) is 1.15. The number of quaternary nitrogens is 1. The molecule has 1 aliphatic rings. The number of amides is 1. The van der Waals surface area contributed by atoms with Crippen LogP contribution in [-0.2, 0) is 11.3 Å². The summed E-state index contributed by atoms with van der Waals surface area (Å²) in [4.78, 5) is 12.4. The van der Waals surface area contributed by atoms with Gasteiger partial charge in [-0.25, -0.2) is 0 Å². The van der Waals surface area contributed by atoms with E-state index in [9.17, 15) is 4.79 Å². The van der Waals surface area contributed by atoms with Crippen molar-refractivity contribution in [3.8, 4) is 0 Å². The maximum atomic E-state index is 12.4. The summed E-state index contributed by atoms with van der Waals surface area (Å²) in [5, 5.41) is 3.07. The fraction of sp³-hybridized carbons (Fsp3) is 0.588. The Morgan fingerprint density at radius 2 is 1.85 bits per heavy atom. The van der Waals surface area contributed by atoms with Gasteiger partial charge in [0.15, 0.2) is 6.04 Å². The van der Waals surface area contributed by atoms with Crippen LogP contribution in [0.1, 0.15) is 38.2 Å². The van der Waals surface area contributed by atoms with Crippen molar-refractivity contribution in [3.63, 3.8) is 0 Å². The third kappa shape index (κ3) is 3.40. The molecule has 3 nitrogen and oxygen atoms in total. The van der Waals surface area contributed by atoms with E-state index in [1.165, 1.54) is 25.7 Å². The van der Waals surface area contributed by atoms with Crippen LogP contribution in [-0.4, -0.2) is 36.6 Å². The van der Waals surface area contributed by atoms with E-state index in [1.54, 1.807) is 0 Å². The lowest BCUT2D eigenvalue weighted by atomic mass is 10.1. The fourth-order valence-electron chi connectivity index (χ4n) is 3.12. The lowest BCUT2D eigenvalue weighted by molar-refractivity contribution is -0.927. The molecule has 0 bridgehead atoms. The van der Waals surface area contributed by atoms with Gasteiger partial charge in [0.1, 0.15) is 0 Å². The average molecular weight is 275 g/mol. The molecule has 0 radical (unpaired) electrons. The van der Waals surface area contributed by atoms with Crippen LogP contribution < -0.4 is 5.32 Å². The number of nitrogens with one attached hydrogen (secondary N) is 1. The van der Waals surface area contributed by atoms with E-state index in [4.69, 9.17) is 0 Å². The smallest absolute Gasteiger partial charge is 0.278 e. The van der Waals surface area contributed by atoms with Crippen molar-refractivity contribution in [2.75, 3.05) is 14.1 Å². The van der Waals surface area contributed by atoms with Crippen LogP contribution >= 0.6 is 0 Å². The van der Waals surface area contributed by atoms with Gasteiger partial charge in [-0.2, -0.15) is 0 Å². The lowest BCUT2D eigenvalue weighted by Crippen LogP contribution is -2.59. The molecule has 1 saturated carbocycles. The minimum atomic E-state index is 0.00168. The van der Waals surface area contributed by atoms with Crippen LogP contribution in [0.2, 0.25) is 0 Å². The van der Waals surface area contributed by atoms with Crippen molar-refractivity contribution >= 4 is 5.91 Å². The summed E-state index contributed by atoms with van der Waals surface area (Å²) in [6.07, 6.45) is 5.13. The van der Waals surface area contributed by atoms with Gasteiger partial charge < -0.3 is 9.80 Å². The Balaban J connectivity index is 1.91. The molecule has 3 heteroatoms. The summed E-state index contributed by atoms with van der Waals surface area (Å²) in [5.74, 6) is 0.158. The molecule has 20 heavy (non-hydrogen) atoms. The SMILES string of the molecule is C[C@H](C(=O)NCc1ccccc1)[N+](C)(C)C1CCCC1. The van der Waals surface area contributed by atoms with E-state index in [0.717, 1.165) is 10.0 Å². The second kappa shape index (κ2) is 6.40. The highest BCUT2D eigenvalue weighted by Gasteiger charge is 2.38. The second-order valence-corrected chi connectivity index (χ2v) is 6.45. The Bertz CT molecular complexity index is 436. The Hall–Kier alpha value is -1.35. The molecule has 1 aliphatic carbocycles. The Labute approximate surface area is 122 Å². The molecule has 1 N–H and O–H groups in total. The van der Waals surface area contributed by atoms with Crippen LogP contribution in [0.15, 0.2) is 30.3 Å². The highest BCUT2D eigenvalue weighted by atomic mass is 16.2. The summed E-state index contributed by atoms with van der Waals surface area (Å²) in [6, 6.07) is 10.7. The molecule has 1 fully saturated rings. The zero-order valence-corrected chi connectivity index (χ0v) is 12.9. The van der Waals surface area contributed by atoms with Gasteiger partial charge in [-0.15, -0.1) is 0 Å². The number of carbonyl (C=O) groups excluding carboxylic acids is 1. The van der Waals surface area contributed by atoms with E-state index in [1.807, 2.05) is 30.3 Å². The predicted octanol–water partition coefficient (Wildman–Crippen LogP) is 2.71. The molecule has 0 spiro atoms. The number of nitrogens with zero attached hydrogens (tertiary/aromatic N) is 1. The quantitative estimate of drug-likeness (QED) is 0.823. The van der Waals surface area contributed by atoms with Crippen molar-refractivity contribution in [1.82, 2.24) is 5.32 Å². The molecule has 1 aromatic carbocycles. The number of carbonyl (C=O) groups is 1. The first-order chi connectivity index (χ1) is 9.51. The molecule has 1 atom stereocenters. The molecule has 1 aromatic rings. The average Bonchev–Trinajstić information content (AvgIpc) is 3.00. The monoisotopic (exact) mass is 275 g/mol. The summed E-state index contributed by atoms with van der Waals surface area (Å²) in [6.45, 7) is 2.67. The zero-order chi connectivity index (χ0) is 14.6. The van der Waals surface area contributed by atoms with Crippen LogP contribution in [0, 0.1) is 0 Å². The Morgan fingerprint density at radius 1 is 1.25 bits per heavy atom. The van der Waals surface area contributed by atoms with Crippen molar-refractivity contribution in [3.05, 3.63) is 35.9 Å². The normalized spacial score (nSPS) is 17.9. The van der Waals surface area contributed by atoms with Gasteiger partial charge in [0.25, 0.3) is 5.91 Å². The second-order valence-electron chi connectivity index (χ2n) is 6.45. The van der Waals surface area contributed by atoms with Crippen LogP contribution in [0.25, 0.3) is 0 Å². The van der Waals surface area contributed by atoms with Gasteiger partial charge in [0, 0.05) is 6.54 Å². The molecule has 0 aliphatic heterocycles. The first-order valence-electron chi connectivity index (χ1n) is 7.67. The highest BCUT2D eigenvalue weighted by Crippen LogP contribution is 2.28. The Morgan fingerprint density at radius 3 is 2.45 bits per heavy atom. The molecular formula is C17H27N2O+. The Kier molecular flexibility index (Phi) is 4.81. The third-order valence-corrected chi connectivity index (χ3v) is 4.95. The van der Waals surface area contributed by atoms with E-state index >= 15 is 0 Å². The standard InChI is InChI=1S/C17H26N2O/c1-14(19(2,3)16-11-7-8-12-16)17(20)18-13-15-9-5-4-6-10-15/h4-6,9-10,14,16H,7-8,11-13H2,1-3H3/p+1/t14-/m1/s1. The van der Waals surface area contributed by atoms with Gasteiger partial charge in [-0.1, -0.05) is 30.3 Å². The minimum Gasteiger partial charge on any atom is -0.347 e. The van der Waals surface area contributed by atoms with Gasteiger partial charge >= 0.3 is 0 Å². The van der Waals surface area contributed by atoms with Crippen LogP contribution in [0.3, 0.4) is 0 Å². The maximum absolute atomic E-state index is 12.4. The van der Waals surface area contributed by atoms with Gasteiger partial charge in [0.2, 0.25) is 0 Å². The number of hydrogen-bond donors (Lipinski definition) is 1. The summed E-state index contributed by atoms with van der Waals surface area (Å²) >= 11 is 0. The topological polar surface area (TPSA) is 29.1 Å². The summed E-state index contributed by atoms with van der Waals surface area (Å²) < 4.78 is 0.806. The van der Waals surface area contributed by atoms with Crippen molar-refractivity contribution in [2.24, 2.45) is 0 Å². The number of likely N-dealkylation sites (N-methyl/N-ethyl adjacent to an activating group) is 1. The van der Waals surface area contributed by atoms with E-state index < -0.39 is 0 Å². The van der Waals surface area contributed by atoms with Gasteiger partial charge in [0.05, 0.1) is 20.1 Å². The minimum absolute atomic E-state index is 0.00168. The number of hydrogen-bond acceptors (Lipinski definition) is 1. The fourth-order valence-corrected chi connectivity index (χ4v) is 3.12. The van der Waals surface area contributed by atoms with Crippen molar-refractivity contribution in [2.45, 2.75) is 51.2 Å². The number of benzene rings is 1. The third-order valence-electron chi connectivity index (χ3n) is 4.95. The first kappa shape index (κ1) is 15.0. The number of rotatable bonds is 5. The van der Waals surface area contributed by atoms with E-state index in [0.29, 0.717) is 12.6 Å². The maximum Gasteiger partial charge on any atom is 0.278 e. The molecule has 0 heterocycles. The zero-order valence-electron chi connectivity index (χ0n) is 12.9. The molecule has 110 valence electrons. The molecular weight excluding hydrogens is 248 g/mol. The summed E-state index contributed by atoms with van der Waals surface area (Å²) in [7, 11) is 4.39. The largest absolute Gasteiger partial charge is 0.347 e. The van der Waals surface area contributed by atoms with Crippen LogP contribution in [0.5, 0.6) is 0 Å². The lowest BCUT2D eigenvalue weighted by Gasteiger charge is -2.40. The highest BCUT2D eigenvalue weighted by molar-refractivity contribution is 5.80. The van der Waals surface area contributed by atoms with E-state index in [-0.39, 0.29) is 11.9 Å². The molecule has 0 unspecified atom stereocenters. The van der Waals surface area contributed by atoms with Crippen molar-refractivity contribution in [1.29, 1.82) is 0 Å². The van der Waals surface area contributed by atoms with Crippen molar-refractivity contribution < 1.29 is 9.28 Å². The molecule has 1 amide bonds. The van der Waals surface area contributed by atoms with Gasteiger partial charge in [-0.05, 0) is 38.2 Å². The first-order valence-corrected chi connectivity index (χ1v) is 7.67.